The van der Waals surface area contributed by atoms with Gasteiger partial charge in [-0.3, -0.25) is 0 Å². The predicted molar refractivity (Wildman–Crippen MR) is 48.9 cm³/mol. The van der Waals surface area contributed by atoms with E-state index >= 15 is 0 Å². The summed E-state index contributed by atoms with van der Waals surface area (Å²) < 4.78 is 10.9. The van der Waals surface area contributed by atoms with Crippen LogP contribution in [-0.4, -0.2) is 19.0 Å². The highest BCUT2D eigenvalue weighted by molar-refractivity contribution is 5.02. The van der Waals surface area contributed by atoms with E-state index in [0.29, 0.717) is 12.0 Å². The van der Waals surface area contributed by atoms with E-state index in [1.165, 1.54) is 0 Å². The Morgan fingerprint density at radius 3 is 2.58 bits per heavy atom. The molecule has 2 nitrogen and oxygen atoms in total. The van der Waals surface area contributed by atoms with Crippen LogP contribution in [-0.2, 0) is 9.47 Å². The van der Waals surface area contributed by atoms with Crippen LogP contribution < -0.4 is 0 Å². The molecule has 0 bridgehead atoms. The lowest BCUT2D eigenvalue weighted by atomic mass is 10.3. The fourth-order valence-corrected chi connectivity index (χ4v) is 1.19. The Morgan fingerprint density at radius 1 is 1.42 bits per heavy atom. The number of hydrogen-bond donors (Lipinski definition) is 0. The molecule has 0 aromatic rings. The lowest BCUT2D eigenvalue weighted by Gasteiger charge is -2.23. The molecule has 1 aliphatic carbocycles. The number of allylic oxidation sites excluding steroid dienone is 1. The molecular weight excluding hydrogens is 152 g/mol. The van der Waals surface area contributed by atoms with Gasteiger partial charge < -0.3 is 9.47 Å². The Bertz CT molecular complexity index is 173. The first-order chi connectivity index (χ1) is 5.59. The average molecular weight is 170 g/mol. The quantitative estimate of drug-likeness (QED) is 0.476. The zero-order valence-corrected chi connectivity index (χ0v) is 8.33. The molecule has 0 heterocycles. The number of ether oxygens (including phenoxy) is 2. The van der Waals surface area contributed by atoms with Crippen molar-refractivity contribution in [3.05, 3.63) is 12.2 Å². The highest BCUT2D eigenvalue weighted by Crippen LogP contribution is 2.37. The predicted octanol–water partition coefficient (Wildman–Crippen LogP) is 2.35. The van der Waals surface area contributed by atoms with Gasteiger partial charge >= 0.3 is 0 Å². The summed E-state index contributed by atoms with van der Waals surface area (Å²) in [6.07, 6.45) is 5.78. The number of hydrogen-bond acceptors (Lipinski definition) is 2. The lowest BCUT2D eigenvalue weighted by molar-refractivity contribution is -0.205. The molecule has 0 N–H and O–H groups in total. The second kappa shape index (κ2) is 3.58. The van der Waals surface area contributed by atoms with E-state index in [2.05, 4.69) is 12.2 Å². The van der Waals surface area contributed by atoms with Crippen LogP contribution >= 0.6 is 0 Å². The summed E-state index contributed by atoms with van der Waals surface area (Å²) in [6, 6.07) is 0. The van der Waals surface area contributed by atoms with Crippen molar-refractivity contribution in [3.8, 4) is 0 Å². The third kappa shape index (κ3) is 2.61. The van der Waals surface area contributed by atoms with Crippen molar-refractivity contribution in [1.29, 1.82) is 0 Å². The van der Waals surface area contributed by atoms with Crippen LogP contribution in [0.25, 0.3) is 0 Å². The van der Waals surface area contributed by atoms with Gasteiger partial charge in [-0.25, -0.2) is 0 Å². The maximum absolute atomic E-state index is 5.69. The molecule has 12 heavy (non-hydrogen) atoms. The van der Waals surface area contributed by atoms with Crippen LogP contribution in [0, 0.1) is 5.92 Å². The van der Waals surface area contributed by atoms with E-state index in [4.69, 9.17) is 9.47 Å². The van der Waals surface area contributed by atoms with Gasteiger partial charge in [0.15, 0.2) is 5.79 Å². The minimum atomic E-state index is -0.430. The van der Waals surface area contributed by atoms with Crippen molar-refractivity contribution in [2.45, 2.75) is 39.1 Å². The van der Waals surface area contributed by atoms with Crippen LogP contribution in [0.15, 0.2) is 12.2 Å². The molecule has 2 unspecified atom stereocenters. The zero-order valence-electron chi connectivity index (χ0n) is 8.33. The van der Waals surface area contributed by atoms with Gasteiger partial charge in [0.2, 0.25) is 0 Å². The Morgan fingerprint density at radius 2 is 2.08 bits per heavy atom. The van der Waals surface area contributed by atoms with Gasteiger partial charge in [-0.05, 0) is 27.2 Å². The molecule has 0 aromatic heterocycles. The summed E-state index contributed by atoms with van der Waals surface area (Å²) in [7, 11) is 1.67. The van der Waals surface area contributed by atoms with Crippen LogP contribution in [0.2, 0.25) is 0 Å². The first-order valence-electron chi connectivity index (χ1n) is 4.45. The number of methoxy groups -OCH3 is 1. The van der Waals surface area contributed by atoms with Gasteiger partial charge in [-0.1, -0.05) is 12.2 Å². The maximum Gasteiger partial charge on any atom is 0.162 e. The van der Waals surface area contributed by atoms with Crippen molar-refractivity contribution >= 4 is 0 Å². The normalized spacial score (nSPS) is 29.7. The Balaban J connectivity index is 2.27. The third-order valence-corrected chi connectivity index (χ3v) is 2.15. The van der Waals surface area contributed by atoms with Crippen LogP contribution in [0.4, 0.5) is 0 Å². The van der Waals surface area contributed by atoms with Gasteiger partial charge in [0.25, 0.3) is 0 Å². The molecule has 2 atom stereocenters. The third-order valence-electron chi connectivity index (χ3n) is 2.15. The lowest BCUT2D eigenvalue weighted by Crippen LogP contribution is -2.28. The molecule has 0 saturated heterocycles. The molecule has 1 saturated carbocycles. The van der Waals surface area contributed by atoms with E-state index in [-0.39, 0.29) is 0 Å². The molecule has 1 fully saturated rings. The van der Waals surface area contributed by atoms with E-state index in [0.717, 1.165) is 6.42 Å². The van der Waals surface area contributed by atoms with Crippen molar-refractivity contribution in [2.75, 3.05) is 7.11 Å². The van der Waals surface area contributed by atoms with Gasteiger partial charge in [0.05, 0.1) is 6.10 Å². The molecule has 0 radical (unpaired) electrons. The second-order valence-electron chi connectivity index (χ2n) is 3.69. The minimum absolute atomic E-state index is 0.371. The van der Waals surface area contributed by atoms with E-state index in [1.54, 1.807) is 7.11 Å². The molecule has 0 aromatic carbocycles. The largest absolute Gasteiger partial charge is 0.354 e. The van der Waals surface area contributed by atoms with Crippen LogP contribution in [0.5, 0.6) is 0 Å². The zero-order chi connectivity index (χ0) is 9.19. The maximum atomic E-state index is 5.69. The van der Waals surface area contributed by atoms with Gasteiger partial charge in [0, 0.05) is 13.0 Å². The van der Waals surface area contributed by atoms with Crippen molar-refractivity contribution in [1.82, 2.24) is 0 Å². The summed E-state index contributed by atoms with van der Waals surface area (Å²) in [6.45, 7) is 5.92. The Hall–Kier alpha value is -0.340. The highest BCUT2D eigenvalue weighted by Gasteiger charge is 2.39. The molecule has 1 aliphatic rings. The molecule has 2 heteroatoms. The summed E-state index contributed by atoms with van der Waals surface area (Å²) in [5, 5.41) is 0. The standard InChI is InChI=1S/C10H18O2/c1-5-6-8-7-9(8)12-10(2,3)11-4/h5-6,8-9H,7H2,1-4H3. The van der Waals surface area contributed by atoms with Gasteiger partial charge in [-0.15, -0.1) is 0 Å². The van der Waals surface area contributed by atoms with Crippen LogP contribution in [0.1, 0.15) is 27.2 Å². The summed E-state index contributed by atoms with van der Waals surface area (Å²) in [5.41, 5.74) is 0. The smallest absolute Gasteiger partial charge is 0.162 e. The first kappa shape index (κ1) is 9.75. The first-order valence-corrected chi connectivity index (χ1v) is 4.45. The molecule has 0 aliphatic heterocycles. The average Bonchev–Trinajstić information content (AvgIpc) is 2.68. The fourth-order valence-electron chi connectivity index (χ4n) is 1.19. The SMILES string of the molecule is CC=CC1CC1OC(C)(C)OC. The van der Waals surface area contributed by atoms with E-state index < -0.39 is 5.79 Å². The van der Waals surface area contributed by atoms with Gasteiger partial charge in [-0.2, -0.15) is 0 Å². The molecule has 1 rings (SSSR count). The molecule has 0 amide bonds. The fraction of sp³-hybridized carbons (Fsp3) is 0.800. The van der Waals surface area contributed by atoms with Crippen molar-refractivity contribution in [2.24, 2.45) is 5.92 Å². The Labute approximate surface area is 74.6 Å². The molecule has 0 spiro atoms. The number of rotatable bonds is 4. The molecule has 70 valence electrons. The van der Waals surface area contributed by atoms with E-state index in [9.17, 15) is 0 Å². The van der Waals surface area contributed by atoms with Crippen molar-refractivity contribution < 1.29 is 9.47 Å². The highest BCUT2D eigenvalue weighted by atomic mass is 16.7. The minimum Gasteiger partial charge on any atom is -0.354 e. The summed E-state index contributed by atoms with van der Waals surface area (Å²) >= 11 is 0. The van der Waals surface area contributed by atoms with Crippen LogP contribution in [0.3, 0.4) is 0 Å². The van der Waals surface area contributed by atoms with Crippen molar-refractivity contribution in [3.63, 3.8) is 0 Å². The summed E-state index contributed by atoms with van der Waals surface area (Å²) in [4.78, 5) is 0. The summed E-state index contributed by atoms with van der Waals surface area (Å²) in [5.74, 6) is 0.186. The topological polar surface area (TPSA) is 18.5 Å². The Kier molecular flexibility index (Phi) is 2.91. The molecular formula is C10H18O2. The van der Waals surface area contributed by atoms with Gasteiger partial charge in [0.1, 0.15) is 0 Å². The monoisotopic (exact) mass is 170 g/mol. The second-order valence-corrected chi connectivity index (χ2v) is 3.69. The van der Waals surface area contributed by atoms with E-state index in [1.807, 2.05) is 20.8 Å².